The van der Waals surface area contributed by atoms with E-state index in [1.165, 1.54) is 11.3 Å². The van der Waals surface area contributed by atoms with Crippen molar-refractivity contribution in [3.8, 4) is 0 Å². The normalized spacial score (nSPS) is 22.3. The minimum atomic E-state index is -0.407. The van der Waals surface area contributed by atoms with E-state index in [1.54, 1.807) is 0 Å². The van der Waals surface area contributed by atoms with Crippen LogP contribution < -0.4 is 4.90 Å². The van der Waals surface area contributed by atoms with E-state index in [1.807, 2.05) is 0 Å². The predicted molar refractivity (Wildman–Crippen MR) is 83.3 cm³/mol. The molecule has 1 aliphatic heterocycles. The first-order valence-electron chi connectivity index (χ1n) is 7.87. The van der Waals surface area contributed by atoms with E-state index in [4.69, 9.17) is 0 Å². The Hall–Kier alpha value is -1.06. The highest BCUT2D eigenvalue weighted by atomic mass is 16.3. The summed E-state index contributed by atoms with van der Waals surface area (Å²) in [6, 6.07) is 9.24. The smallest absolute Gasteiger partial charge is 0.0690 e. The highest BCUT2D eigenvalue weighted by molar-refractivity contribution is 5.54. The third-order valence-electron chi connectivity index (χ3n) is 4.72. The number of para-hydroxylation sites is 1. The van der Waals surface area contributed by atoms with Crippen LogP contribution in [0.5, 0.6) is 0 Å². The Bertz CT molecular complexity index is 460. The van der Waals surface area contributed by atoms with Crippen molar-refractivity contribution in [1.29, 1.82) is 0 Å². The van der Waals surface area contributed by atoms with Crippen LogP contribution in [0.15, 0.2) is 24.3 Å². The second kappa shape index (κ2) is 5.38. The van der Waals surface area contributed by atoms with E-state index in [0.717, 1.165) is 45.4 Å². The summed E-state index contributed by atoms with van der Waals surface area (Å²) in [5.74, 6) is 0. The van der Waals surface area contributed by atoms with Crippen molar-refractivity contribution < 1.29 is 5.11 Å². The molecular formula is C17H26N2O. The Balaban J connectivity index is 1.71. The molecule has 1 aromatic carbocycles. The van der Waals surface area contributed by atoms with Gasteiger partial charge in [-0.15, -0.1) is 0 Å². The molecule has 2 aliphatic rings. The number of nitrogens with zero attached hydrogens (tertiary/aromatic N) is 2. The number of aliphatic hydroxyl groups is 1. The molecule has 0 amide bonds. The zero-order valence-electron chi connectivity index (χ0n) is 12.7. The minimum absolute atomic E-state index is 0.407. The predicted octanol–water partition coefficient (Wildman–Crippen LogP) is 2.28. The summed E-state index contributed by atoms with van der Waals surface area (Å²) in [5.41, 5.74) is 2.23. The molecule has 1 N–H and O–H groups in total. The molecule has 0 spiro atoms. The molecule has 20 heavy (non-hydrogen) atoms. The second-order valence-electron chi connectivity index (χ2n) is 6.65. The van der Waals surface area contributed by atoms with Crippen LogP contribution >= 0.6 is 0 Å². The summed E-state index contributed by atoms with van der Waals surface area (Å²) in [7, 11) is 0. The van der Waals surface area contributed by atoms with Gasteiger partial charge in [0.2, 0.25) is 0 Å². The average molecular weight is 274 g/mol. The van der Waals surface area contributed by atoms with E-state index in [9.17, 15) is 5.11 Å². The quantitative estimate of drug-likeness (QED) is 0.912. The molecule has 0 radical (unpaired) electrons. The number of benzene rings is 1. The molecule has 0 unspecified atom stereocenters. The first-order valence-corrected chi connectivity index (χ1v) is 7.87. The summed E-state index contributed by atoms with van der Waals surface area (Å²) < 4.78 is 0. The first-order chi connectivity index (χ1) is 9.57. The van der Waals surface area contributed by atoms with Crippen molar-refractivity contribution in [3.05, 3.63) is 29.8 Å². The molecule has 3 nitrogen and oxygen atoms in total. The SMILES string of the molecule is CC(C)N1CCN(c2ccccc2CC2(O)CC2)CC1. The van der Waals surface area contributed by atoms with Crippen molar-refractivity contribution in [1.82, 2.24) is 4.90 Å². The van der Waals surface area contributed by atoms with Gasteiger partial charge in [0, 0.05) is 44.3 Å². The Labute approximate surface area is 122 Å². The number of anilines is 1. The van der Waals surface area contributed by atoms with Gasteiger partial charge < -0.3 is 10.0 Å². The topological polar surface area (TPSA) is 26.7 Å². The molecule has 2 fully saturated rings. The molecule has 3 rings (SSSR count). The van der Waals surface area contributed by atoms with E-state index < -0.39 is 5.60 Å². The lowest BCUT2D eigenvalue weighted by atomic mass is 10.0. The second-order valence-corrected chi connectivity index (χ2v) is 6.65. The van der Waals surface area contributed by atoms with Crippen LogP contribution in [0.1, 0.15) is 32.3 Å². The lowest BCUT2D eigenvalue weighted by molar-refractivity contribution is 0.151. The molecule has 0 aromatic heterocycles. The summed E-state index contributed by atoms with van der Waals surface area (Å²) in [6.07, 6.45) is 2.73. The number of piperazine rings is 1. The van der Waals surface area contributed by atoms with Gasteiger partial charge in [0.05, 0.1) is 5.60 Å². The number of hydrogen-bond donors (Lipinski definition) is 1. The molecule has 1 saturated heterocycles. The lowest BCUT2D eigenvalue weighted by Crippen LogP contribution is -2.49. The Morgan fingerprint density at radius 2 is 1.75 bits per heavy atom. The van der Waals surface area contributed by atoms with Crippen LogP contribution in [0.25, 0.3) is 0 Å². The van der Waals surface area contributed by atoms with Crippen LogP contribution in [0, 0.1) is 0 Å². The van der Waals surface area contributed by atoms with E-state index in [-0.39, 0.29) is 0 Å². The highest BCUT2D eigenvalue weighted by Gasteiger charge is 2.40. The third-order valence-corrected chi connectivity index (χ3v) is 4.72. The fraction of sp³-hybridized carbons (Fsp3) is 0.647. The van der Waals surface area contributed by atoms with Gasteiger partial charge in [-0.3, -0.25) is 4.90 Å². The number of hydrogen-bond acceptors (Lipinski definition) is 3. The maximum Gasteiger partial charge on any atom is 0.0690 e. The van der Waals surface area contributed by atoms with E-state index >= 15 is 0 Å². The third kappa shape index (κ3) is 2.99. The maximum atomic E-state index is 10.2. The van der Waals surface area contributed by atoms with Crippen LogP contribution in [0.3, 0.4) is 0 Å². The molecule has 0 bridgehead atoms. The minimum Gasteiger partial charge on any atom is -0.390 e. The standard InChI is InChI=1S/C17H26N2O/c1-14(2)18-9-11-19(12-10-18)16-6-4-3-5-15(16)13-17(20)7-8-17/h3-6,14,20H,7-13H2,1-2H3. The molecule has 110 valence electrons. The molecule has 3 heteroatoms. The highest BCUT2D eigenvalue weighted by Crippen LogP contribution is 2.40. The summed E-state index contributed by atoms with van der Waals surface area (Å²) in [6.45, 7) is 8.99. The average Bonchev–Trinajstić information content (AvgIpc) is 3.17. The fourth-order valence-corrected chi connectivity index (χ4v) is 3.12. The molecule has 0 atom stereocenters. The largest absolute Gasteiger partial charge is 0.390 e. The molecule has 1 heterocycles. The van der Waals surface area contributed by atoms with Crippen molar-refractivity contribution >= 4 is 5.69 Å². The summed E-state index contributed by atoms with van der Waals surface area (Å²) in [5, 5.41) is 10.2. The van der Waals surface area contributed by atoms with Gasteiger partial charge >= 0.3 is 0 Å². The monoisotopic (exact) mass is 274 g/mol. The van der Waals surface area contributed by atoms with Gasteiger partial charge in [-0.05, 0) is 38.3 Å². The van der Waals surface area contributed by atoms with Crippen LogP contribution in [-0.2, 0) is 6.42 Å². The zero-order valence-corrected chi connectivity index (χ0v) is 12.7. The molecule has 1 aliphatic carbocycles. The van der Waals surface area contributed by atoms with Crippen LogP contribution in [0.2, 0.25) is 0 Å². The summed E-state index contributed by atoms with van der Waals surface area (Å²) in [4.78, 5) is 5.02. The van der Waals surface area contributed by atoms with Gasteiger partial charge in [0.1, 0.15) is 0 Å². The fourth-order valence-electron chi connectivity index (χ4n) is 3.12. The molecule has 1 saturated carbocycles. The zero-order chi connectivity index (χ0) is 14.2. The van der Waals surface area contributed by atoms with Gasteiger partial charge in [0.15, 0.2) is 0 Å². The van der Waals surface area contributed by atoms with Gasteiger partial charge in [0.25, 0.3) is 0 Å². The van der Waals surface area contributed by atoms with Crippen molar-refractivity contribution in [2.24, 2.45) is 0 Å². The molecule has 1 aromatic rings. The van der Waals surface area contributed by atoms with Gasteiger partial charge in [-0.2, -0.15) is 0 Å². The Morgan fingerprint density at radius 3 is 2.35 bits per heavy atom. The van der Waals surface area contributed by atoms with Crippen molar-refractivity contribution in [2.75, 3.05) is 31.1 Å². The van der Waals surface area contributed by atoms with Crippen LogP contribution in [0.4, 0.5) is 5.69 Å². The van der Waals surface area contributed by atoms with Gasteiger partial charge in [-0.25, -0.2) is 0 Å². The maximum absolute atomic E-state index is 10.2. The molecular weight excluding hydrogens is 248 g/mol. The van der Waals surface area contributed by atoms with Crippen LogP contribution in [-0.4, -0.2) is 47.8 Å². The van der Waals surface area contributed by atoms with Crippen molar-refractivity contribution in [2.45, 2.75) is 44.8 Å². The number of rotatable bonds is 4. The lowest BCUT2D eigenvalue weighted by Gasteiger charge is -2.39. The van der Waals surface area contributed by atoms with E-state index in [0.29, 0.717) is 6.04 Å². The first kappa shape index (κ1) is 13.9. The van der Waals surface area contributed by atoms with Gasteiger partial charge in [-0.1, -0.05) is 18.2 Å². The Kier molecular flexibility index (Phi) is 3.74. The van der Waals surface area contributed by atoms with Crippen molar-refractivity contribution in [3.63, 3.8) is 0 Å². The van der Waals surface area contributed by atoms with E-state index in [2.05, 4.69) is 47.9 Å². The Morgan fingerprint density at radius 1 is 1.10 bits per heavy atom. The summed E-state index contributed by atoms with van der Waals surface area (Å²) >= 11 is 0.